The van der Waals surface area contributed by atoms with Crippen molar-refractivity contribution in [3.63, 3.8) is 0 Å². The van der Waals surface area contributed by atoms with Crippen LogP contribution in [0, 0.1) is 0 Å². The minimum absolute atomic E-state index is 0.134. The van der Waals surface area contributed by atoms with Gasteiger partial charge in [0.25, 0.3) is 0 Å². The van der Waals surface area contributed by atoms with Gasteiger partial charge in [-0.15, -0.1) is 0 Å². The van der Waals surface area contributed by atoms with Gasteiger partial charge in [0.1, 0.15) is 0 Å². The van der Waals surface area contributed by atoms with Crippen LogP contribution < -0.4 is 5.32 Å². The second-order valence-electron chi connectivity index (χ2n) is 6.72. The highest BCUT2D eigenvalue weighted by Gasteiger charge is 2.10. The van der Waals surface area contributed by atoms with Crippen LogP contribution in [-0.4, -0.2) is 30.1 Å². The van der Waals surface area contributed by atoms with Crippen molar-refractivity contribution in [3.05, 3.63) is 29.8 Å². The molecule has 0 radical (unpaired) electrons. The Morgan fingerprint density at radius 1 is 1.00 bits per heavy atom. The molecular formula is C17H28N2. The summed E-state index contributed by atoms with van der Waals surface area (Å²) in [6, 6.07) is 8.93. The van der Waals surface area contributed by atoms with Crippen LogP contribution in [0.3, 0.4) is 0 Å². The third-order valence-corrected chi connectivity index (χ3v) is 3.64. The van der Waals surface area contributed by atoms with Crippen molar-refractivity contribution in [1.82, 2.24) is 4.90 Å². The molecule has 2 nitrogen and oxygen atoms in total. The van der Waals surface area contributed by atoms with E-state index in [-0.39, 0.29) is 5.54 Å². The van der Waals surface area contributed by atoms with Gasteiger partial charge in [-0.3, -0.25) is 0 Å². The monoisotopic (exact) mass is 260 g/mol. The Morgan fingerprint density at radius 3 is 2.21 bits per heavy atom. The Bertz CT molecular complexity index is 369. The molecular weight excluding hydrogens is 232 g/mol. The van der Waals surface area contributed by atoms with E-state index < -0.39 is 0 Å². The first kappa shape index (κ1) is 14.4. The van der Waals surface area contributed by atoms with Crippen molar-refractivity contribution in [1.29, 1.82) is 0 Å². The van der Waals surface area contributed by atoms with Gasteiger partial charge in [-0.1, -0.05) is 18.6 Å². The van der Waals surface area contributed by atoms with Gasteiger partial charge in [-0.25, -0.2) is 0 Å². The van der Waals surface area contributed by atoms with Crippen LogP contribution in [0.15, 0.2) is 24.3 Å². The molecule has 0 amide bonds. The van der Waals surface area contributed by atoms with Gasteiger partial charge >= 0.3 is 0 Å². The lowest BCUT2D eigenvalue weighted by atomic mass is 10.1. The number of benzene rings is 1. The van der Waals surface area contributed by atoms with E-state index in [2.05, 4.69) is 55.3 Å². The van der Waals surface area contributed by atoms with Crippen molar-refractivity contribution >= 4 is 5.69 Å². The zero-order valence-corrected chi connectivity index (χ0v) is 12.7. The maximum atomic E-state index is 3.50. The Hall–Kier alpha value is -1.02. The van der Waals surface area contributed by atoms with Gasteiger partial charge < -0.3 is 10.2 Å². The maximum absolute atomic E-state index is 3.50. The largest absolute Gasteiger partial charge is 0.380 e. The average Bonchev–Trinajstić information content (AvgIpc) is 2.37. The standard InChI is InChI=1S/C17H28N2/c1-17(2,3)18-16-9-7-15(8-10-16)11-14-19-12-5-4-6-13-19/h7-10,18H,4-6,11-14H2,1-3H3. The summed E-state index contributed by atoms with van der Waals surface area (Å²) in [5.74, 6) is 0. The second-order valence-corrected chi connectivity index (χ2v) is 6.72. The lowest BCUT2D eigenvalue weighted by Crippen LogP contribution is -2.31. The Kier molecular flexibility index (Phi) is 4.87. The zero-order valence-electron chi connectivity index (χ0n) is 12.7. The normalized spacial score (nSPS) is 17.4. The molecule has 2 rings (SSSR count). The highest BCUT2D eigenvalue weighted by atomic mass is 15.1. The van der Waals surface area contributed by atoms with Crippen molar-refractivity contribution in [2.45, 2.75) is 52.0 Å². The fourth-order valence-electron chi connectivity index (χ4n) is 2.66. The first-order chi connectivity index (χ1) is 9.03. The van der Waals surface area contributed by atoms with Crippen molar-refractivity contribution < 1.29 is 0 Å². The fourth-order valence-corrected chi connectivity index (χ4v) is 2.66. The van der Waals surface area contributed by atoms with Crippen molar-refractivity contribution in [2.24, 2.45) is 0 Å². The van der Waals surface area contributed by atoms with E-state index in [0.717, 1.165) is 0 Å². The average molecular weight is 260 g/mol. The van der Waals surface area contributed by atoms with E-state index in [4.69, 9.17) is 0 Å². The molecule has 1 aromatic rings. The fraction of sp³-hybridized carbons (Fsp3) is 0.647. The summed E-state index contributed by atoms with van der Waals surface area (Å²) in [6.45, 7) is 10.4. The third-order valence-electron chi connectivity index (χ3n) is 3.64. The molecule has 0 spiro atoms. The van der Waals surface area contributed by atoms with Crippen LogP contribution in [0.25, 0.3) is 0 Å². The molecule has 1 saturated heterocycles. The number of hydrogen-bond acceptors (Lipinski definition) is 2. The van der Waals surface area contributed by atoms with Gasteiger partial charge in [0.15, 0.2) is 0 Å². The number of rotatable bonds is 4. The summed E-state index contributed by atoms with van der Waals surface area (Å²) in [6.07, 6.45) is 5.36. The van der Waals surface area contributed by atoms with Gasteiger partial charge in [-0.05, 0) is 70.8 Å². The van der Waals surface area contributed by atoms with E-state index in [0.29, 0.717) is 0 Å². The Morgan fingerprint density at radius 2 is 1.63 bits per heavy atom. The number of likely N-dealkylation sites (tertiary alicyclic amines) is 1. The predicted molar refractivity (Wildman–Crippen MR) is 83.8 cm³/mol. The van der Waals surface area contributed by atoms with E-state index in [1.807, 2.05) is 0 Å². The topological polar surface area (TPSA) is 15.3 Å². The van der Waals surface area contributed by atoms with Crippen molar-refractivity contribution in [2.75, 3.05) is 25.0 Å². The summed E-state index contributed by atoms with van der Waals surface area (Å²) >= 11 is 0. The highest BCUT2D eigenvalue weighted by Crippen LogP contribution is 2.16. The molecule has 0 aliphatic carbocycles. The molecule has 1 aliphatic rings. The molecule has 1 N–H and O–H groups in total. The van der Waals surface area contributed by atoms with Gasteiger partial charge in [0.05, 0.1) is 0 Å². The minimum atomic E-state index is 0.134. The summed E-state index contributed by atoms with van der Waals surface area (Å²) in [4.78, 5) is 2.60. The smallest absolute Gasteiger partial charge is 0.0344 e. The lowest BCUT2D eigenvalue weighted by molar-refractivity contribution is 0.231. The molecule has 2 heteroatoms. The van der Waals surface area contributed by atoms with Crippen molar-refractivity contribution in [3.8, 4) is 0 Å². The number of piperidine rings is 1. The van der Waals surface area contributed by atoms with E-state index >= 15 is 0 Å². The molecule has 0 unspecified atom stereocenters. The van der Waals surface area contributed by atoms with E-state index in [1.54, 1.807) is 0 Å². The SMILES string of the molecule is CC(C)(C)Nc1ccc(CCN2CCCCC2)cc1. The van der Waals surface area contributed by atoms with Gasteiger partial charge in [0, 0.05) is 17.8 Å². The molecule has 0 atom stereocenters. The van der Waals surface area contributed by atoms with Crippen LogP contribution in [-0.2, 0) is 6.42 Å². The number of anilines is 1. The second kappa shape index (κ2) is 6.42. The zero-order chi connectivity index (χ0) is 13.7. The molecule has 19 heavy (non-hydrogen) atoms. The molecule has 0 aromatic heterocycles. The van der Waals surface area contributed by atoms with Crippen LogP contribution in [0.2, 0.25) is 0 Å². The number of nitrogens with one attached hydrogen (secondary N) is 1. The molecule has 1 aromatic carbocycles. The van der Waals surface area contributed by atoms with E-state index in [1.165, 1.54) is 56.6 Å². The first-order valence-corrected chi connectivity index (χ1v) is 7.62. The molecule has 0 saturated carbocycles. The Labute approximate surface area is 118 Å². The quantitative estimate of drug-likeness (QED) is 0.882. The molecule has 1 aliphatic heterocycles. The predicted octanol–water partition coefficient (Wildman–Crippen LogP) is 3.93. The molecule has 106 valence electrons. The number of hydrogen-bond donors (Lipinski definition) is 1. The third kappa shape index (κ3) is 5.23. The minimum Gasteiger partial charge on any atom is -0.380 e. The summed E-state index contributed by atoms with van der Waals surface area (Å²) < 4.78 is 0. The molecule has 1 fully saturated rings. The summed E-state index contributed by atoms with van der Waals surface area (Å²) in [7, 11) is 0. The van der Waals surface area contributed by atoms with Crippen LogP contribution in [0.4, 0.5) is 5.69 Å². The van der Waals surface area contributed by atoms with Crippen LogP contribution in [0.5, 0.6) is 0 Å². The number of nitrogens with zero attached hydrogens (tertiary/aromatic N) is 1. The lowest BCUT2D eigenvalue weighted by Gasteiger charge is -2.26. The summed E-state index contributed by atoms with van der Waals surface area (Å²) in [5.41, 5.74) is 2.80. The first-order valence-electron chi connectivity index (χ1n) is 7.62. The van der Waals surface area contributed by atoms with Crippen LogP contribution >= 0.6 is 0 Å². The van der Waals surface area contributed by atoms with Gasteiger partial charge in [0.2, 0.25) is 0 Å². The van der Waals surface area contributed by atoms with E-state index in [9.17, 15) is 0 Å². The summed E-state index contributed by atoms with van der Waals surface area (Å²) in [5, 5.41) is 3.50. The molecule has 1 heterocycles. The Balaban J connectivity index is 1.81. The molecule has 0 bridgehead atoms. The van der Waals surface area contributed by atoms with Crippen LogP contribution in [0.1, 0.15) is 45.6 Å². The van der Waals surface area contributed by atoms with Gasteiger partial charge in [-0.2, -0.15) is 0 Å². The maximum Gasteiger partial charge on any atom is 0.0344 e. The highest BCUT2D eigenvalue weighted by molar-refractivity contribution is 5.46.